The molecule has 4 nitrogen and oxygen atoms in total. The predicted molar refractivity (Wildman–Crippen MR) is 60.1 cm³/mol. The van der Waals surface area contributed by atoms with E-state index in [4.69, 9.17) is 4.42 Å². The van der Waals surface area contributed by atoms with Crippen LogP contribution in [0.3, 0.4) is 0 Å². The van der Waals surface area contributed by atoms with Gasteiger partial charge in [0.1, 0.15) is 0 Å². The van der Waals surface area contributed by atoms with Crippen molar-refractivity contribution >= 4 is 0 Å². The number of aliphatic hydroxyl groups is 1. The highest BCUT2D eigenvalue weighted by molar-refractivity contribution is 5.28. The first-order chi connectivity index (χ1) is 7.59. The van der Waals surface area contributed by atoms with Crippen molar-refractivity contribution in [1.82, 2.24) is 9.78 Å². The zero-order valence-electron chi connectivity index (χ0n) is 9.77. The molecule has 1 N–H and O–H groups in total. The Balaban J connectivity index is 2.24. The molecule has 0 aromatic carbocycles. The zero-order valence-corrected chi connectivity index (χ0v) is 9.77. The van der Waals surface area contributed by atoms with Crippen molar-refractivity contribution in [2.24, 2.45) is 7.05 Å². The number of furan rings is 1. The third-order valence-corrected chi connectivity index (χ3v) is 2.91. The van der Waals surface area contributed by atoms with E-state index in [-0.39, 0.29) is 0 Å². The summed E-state index contributed by atoms with van der Waals surface area (Å²) < 4.78 is 6.78. The van der Waals surface area contributed by atoms with Gasteiger partial charge < -0.3 is 9.52 Å². The molecular formula is C12H16N2O2. The van der Waals surface area contributed by atoms with Gasteiger partial charge in [0, 0.05) is 24.7 Å². The Labute approximate surface area is 94.5 Å². The van der Waals surface area contributed by atoms with Crippen LogP contribution in [0, 0.1) is 13.8 Å². The van der Waals surface area contributed by atoms with Crippen LogP contribution < -0.4 is 0 Å². The lowest BCUT2D eigenvalue weighted by Gasteiger charge is -2.09. The molecule has 2 aromatic heterocycles. The van der Waals surface area contributed by atoms with E-state index in [2.05, 4.69) is 5.10 Å². The van der Waals surface area contributed by atoms with Gasteiger partial charge in [-0.3, -0.25) is 4.68 Å². The molecule has 0 aliphatic heterocycles. The molecule has 0 aliphatic rings. The number of hydrogen-bond donors (Lipinski definition) is 1. The van der Waals surface area contributed by atoms with E-state index in [1.54, 1.807) is 17.2 Å². The first-order valence-electron chi connectivity index (χ1n) is 5.29. The zero-order chi connectivity index (χ0) is 11.7. The minimum Gasteiger partial charge on any atom is -0.472 e. The molecule has 4 heteroatoms. The Morgan fingerprint density at radius 2 is 2.25 bits per heavy atom. The monoisotopic (exact) mass is 220 g/mol. The Bertz CT molecular complexity index is 471. The molecule has 0 fully saturated rings. The molecule has 16 heavy (non-hydrogen) atoms. The first kappa shape index (κ1) is 11.0. The van der Waals surface area contributed by atoms with Gasteiger partial charge in [-0.1, -0.05) is 0 Å². The van der Waals surface area contributed by atoms with Crippen LogP contribution in [0.25, 0.3) is 0 Å². The molecule has 86 valence electrons. The van der Waals surface area contributed by atoms with Crippen molar-refractivity contribution in [3.8, 4) is 0 Å². The lowest BCUT2D eigenvalue weighted by atomic mass is 10.0. The highest BCUT2D eigenvalue weighted by atomic mass is 16.3. The van der Waals surface area contributed by atoms with Gasteiger partial charge >= 0.3 is 0 Å². The largest absolute Gasteiger partial charge is 0.472 e. The maximum atomic E-state index is 10.2. The van der Waals surface area contributed by atoms with Gasteiger partial charge in [-0.2, -0.15) is 5.10 Å². The Morgan fingerprint density at radius 1 is 1.50 bits per heavy atom. The summed E-state index contributed by atoms with van der Waals surface area (Å²) in [7, 11) is 1.89. The SMILES string of the molecule is Cc1nn(C)c(C)c1C(O)Cc1ccoc1. The first-order valence-corrected chi connectivity index (χ1v) is 5.29. The summed E-state index contributed by atoms with van der Waals surface area (Å²) >= 11 is 0. The van der Waals surface area contributed by atoms with E-state index in [0.29, 0.717) is 6.42 Å². The topological polar surface area (TPSA) is 51.2 Å². The standard InChI is InChI=1S/C12H16N2O2/c1-8-12(9(2)14(3)13-8)11(15)6-10-4-5-16-7-10/h4-5,7,11,15H,6H2,1-3H3. The average molecular weight is 220 g/mol. The molecule has 0 aliphatic carbocycles. The van der Waals surface area contributed by atoms with Crippen LogP contribution >= 0.6 is 0 Å². The van der Waals surface area contributed by atoms with Crippen LogP contribution in [0.2, 0.25) is 0 Å². The Kier molecular flexibility index (Phi) is 2.83. The second-order valence-electron chi connectivity index (χ2n) is 4.06. The normalized spacial score (nSPS) is 13.0. The summed E-state index contributed by atoms with van der Waals surface area (Å²) in [4.78, 5) is 0. The molecule has 0 spiro atoms. The van der Waals surface area contributed by atoms with Crippen LogP contribution in [-0.4, -0.2) is 14.9 Å². The Hall–Kier alpha value is -1.55. The molecule has 0 saturated heterocycles. The summed E-state index contributed by atoms with van der Waals surface area (Å²) in [5.74, 6) is 0. The van der Waals surface area contributed by atoms with E-state index in [9.17, 15) is 5.11 Å². The van der Waals surface area contributed by atoms with Gasteiger partial charge in [0.05, 0.1) is 24.3 Å². The fourth-order valence-corrected chi connectivity index (χ4v) is 2.01. The van der Waals surface area contributed by atoms with Gasteiger partial charge in [0.15, 0.2) is 0 Å². The number of aliphatic hydroxyl groups excluding tert-OH is 1. The van der Waals surface area contributed by atoms with Gasteiger partial charge in [-0.05, 0) is 25.5 Å². The smallest absolute Gasteiger partial charge is 0.0935 e. The third-order valence-electron chi connectivity index (χ3n) is 2.91. The van der Waals surface area contributed by atoms with Gasteiger partial charge in [0.25, 0.3) is 0 Å². The average Bonchev–Trinajstić information content (AvgIpc) is 2.77. The number of nitrogens with zero attached hydrogens (tertiary/aromatic N) is 2. The molecule has 2 heterocycles. The second-order valence-corrected chi connectivity index (χ2v) is 4.06. The van der Waals surface area contributed by atoms with Gasteiger partial charge in [-0.15, -0.1) is 0 Å². The molecule has 0 radical (unpaired) electrons. The van der Waals surface area contributed by atoms with Crippen molar-refractivity contribution in [3.05, 3.63) is 41.1 Å². The van der Waals surface area contributed by atoms with Crippen molar-refractivity contribution < 1.29 is 9.52 Å². The minimum atomic E-state index is -0.522. The van der Waals surface area contributed by atoms with E-state index in [0.717, 1.165) is 22.5 Å². The summed E-state index contributed by atoms with van der Waals surface area (Å²) in [6.07, 6.45) is 3.31. The van der Waals surface area contributed by atoms with E-state index in [1.807, 2.05) is 27.0 Å². The highest BCUT2D eigenvalue weighted by Crippen LogP contribution is 2.24. The number of aryl methyl sites for hydroxylation is 2. The lowest BCUT2D eigenvalue weighted by molar-refractivity contribution is 0.176. The fourth-order valence-electron chi connectivity index (χ4n) is 2.01. The van der Waals surface area contributed by atoms with Gasteiger partial charge in [-0.25, -0.2) is 0 Å². The number of rotatable bonds is 3. The highest BCUT2D eigenvalue weighted by Gasteiger charge is 2.18. The van der Waals surface area contributed by atoms with Crippen molar-refractivity contribution in [1.29, 1.82) is 0 Å². The summed E-state index contributed by atoms with van der Waals surface area (Å²) in [6.45, 7) is 3.88. The summed E-state index contributed by atoms with van der Waals surface area (Å²) in [6, 6.07) is 1.87. The van der Waals surface area contributed by atoms with Crippen molar-refractivity contribution in [2.45, 2.75) is 26.4 Å². The molecule has 2 rings (SSSR count). The minimum absolute atomic E-state index is 0.522. The molecule has 1 unspecified atom stereocenters. The summed E-state index contributed by atoms with van der Waals surface area (Å²) in [5.41, 5.74) is 3.81. The predicted octanol–water partition coefficient (Wildman–Crippen LogP) is 1.91. The molecular weight excluding hydrogens is 204 g/mol. The number of hydrogen-bond acceptors (Lipinski definition) is 3. The van der Waals surface area contributed by atoms with Crippen LogP contribution in [0.1, 0.15) is 28.6 Å². The Morgan fingerprint density at radius 3 is 2.75 bits per heavy atom. The fraction of sp³-hybridized carbons (Fsp3) is 0.417. The molecule has 2 aromatic rings. The second kappa shape index (κ2) is 4.14. The van der Waals surface area contributed by atoms with Crippen LogP contribution in [0.5, 0.6) is 0 Å². The lowest BCUT2D eigenvalue weighted by Crippen LogP contribution is -2.04. The molecule has 1 atom stereocenters. The maximum Gasteiger partial charge on any atom is 0.0935 e. The molecule has 0 amide bonds. The molecule has 0 bridgehead atoms. The summed E-state index contributed by atoms with van der Waals surface area (Å²) in [5, 5.41) is 14.5. The maximum absolute atomic E-state index is 10.2. The van der Waals surface area contributed by atoms with Crippen molar-refractivity contribution in [2.75, 3.05) is 0 Å². The van der Waals surface area contributed by atoms with E-state index in [1.165, 1.54) is 0 Å². The quantitative estimate of drug-likeness (QED) is 0.859. The number of aromatic nitrogens is 2. The third kappa shape index (κ3) is 1.88. The van der Waals surface area contributed by atoms with Gasteiger partial charge in [0.2, 0.25) is 0 Å². The van der Waals surface area contributed by atoms with E-state index >= 15 is 0 Å². The van der Waals surface area contributed by atoms with Crippen molar-refractivity contribution in [3.63, 3.8) is 0 Å². The molecule has 0 saturated carbocycles. The van der Waals surface area contributed by atoms with Crippen LogP contribution in [0.4, 0.5) is 0 Å². The van der Waals surface area contributed by atoms with Crippen LogP contribution in [0.15, 0.2) is 23.0 Å². The van der Waals surface area contributed by atoms with E-state index < -0.39 is 6.10 Å². The van der Waals surface area contributed by atoms with Crippen LogP contribution in [-0.2, 0) is 13.5 Å².